The first kappa shape index (κ1) is 13.2. The van der Waals surface area contributed by atoms with E-state index in [0.717, 1.165) is 6.42 Å². The molecule has 1 unspecified atom stereocenters. The Balaban J connectivity index is 2.77. The van der Waals surface area contributed by atoms with E-state index >= 15 is 0 Å². The smallest absolute Gasteiger partial charge is 0.270 e. The first-order valence-corrected chi connectivity index (χ1v) is 5.87. The Kier molecular flexibility index (Phi) is 3.69. The summed E-state index contributed by atoms with van der Waals surface area (Å²) in [5.74, 6) is 0. The maximum atomic E-state index is 5.87. The average Bonchev–Trinajstić information content (AvgIpc) is 2.28. The van der Waals surface area contributed by atoms with E-state index < -0.39 is 3.92 Å². The van der Waals surface area contributed by atoms with Gasteiger partial charge in [0.25, 0.3) is 3.92 Å². The Morgan fingerprint density at radius 1 is 1.27 bits per heavy atom. The molecule has 6 heteroatoms. The third-order valence-electron chi connectivity index (χ3n) is 2.20. The molecule has 1 aliphatic heterocycles. The van der Waals surface area contributed by atoms with Crippen molar-refractivity contribution in [3.63, 3.8) is 0 Å². The third-order valence-corrected chi connectivity index (χ3v) is 2.78. The van der Waals surface area contributed by atoms with Crippen LogP contribution in [0.3, 0.4) is 0 Å². The molecule has 0 saturated heterocycles. The Bertz CT molecular complexity index is 254. The molecule has 1 heterocycles. The van der Waals surface area contributed by atoms with E-state index in [9.17, 15) is 0 Å². The van der Waals surface area contributed by atoms with Crippen molar-refractivity contribution in [2.24, 2.45) is 10.5 Å². The normalized spacial score (nSPS) is 22.7. The van der Waals surface area contributed by atoms with Crippen molar-refractivity contribution in [1.82, 2.24) is 9.91 Å². The van der Waals surface area contributed by atoms with Crippen LogP contribution in [0.15, 0.2) is 5.10 Å². The highest BCUT2D eigenvalue weighted by atomic mass is 35.6. The summed E-state index contributed by atoms with van der Waals surface area (Å²) in [6.45, 7) is 6.45. The Morgan fingerprint density at radius 2 is 1.80 bits per heavy atom. The van der Waals surface area contributed by atoms with Crippen LogP contribution in [0.25, 0.3) is 0 Å². The Labute approximate surface area is 106 Å². The second kappa shape index (κ2) is 4.19. The van der Waals surface area contributed by atoms with Gasteiger partial charge in [-0.1, -0.05) is 55.6 Å². The molecule has 0 saturated carbocycles. The maximum absolute atomic E-state index is 5.87. The van der Waals surface area contributed by atoms with E-state index in [1.54, 1.807) is 11.2 Å². The number of nitrogens with zero attached hydrogens (tertiary/aromatic N) is 3. The van der Waals surface area contributed by atoms with Crippen molar-refractivity contribution in [2.45, 2.75) is 37.3 Å². The lowest BCUT2D eigenvalue weighted by molar-refractivity contribution is 0.109. The number of rotatable bonds is 1. The van der Waals surface area contributed by atoms with E-state index in [0.29, 0.717) is 0 Å². The minimum Gasteiger partial charge on any atom is -0.295 e. The summed E-state index contributed by atoms with van der Waals surface area (Å²) in [7, 11) is 1.88. The van der Waals surface area contributed by atoms with Gasteiger partial charge in [0.05, 0.1) is 0 Å². The van der Waals surface area contributed by atoms with Crippen molar-refractivity contribution in [2.75, 3.05) is 7.05 Å². The minimum absolute atomic E-state index is 0.00231. The number of halogens is 3. The average molecular weight is 273 g/mol. The number of hydrazone groups is 1. The fourth-order valence-electron chi connectivity index (χ4n) is 1.48. The predicted molar refractivity (Wildman–Crippen MR) is 66.2 cm³/mol. The van der Waals surface area contributed by atoms with Gasteiger partial charge in [0.1, 0.15) is 12.5 Å². The summed E-state index contributed by atoms with van der Waals surface area (Å²) in [4.78, 5) is 1.64. The molecule has 1 aliphatic rings. The summed E-state index contributed by atoms with van der Waals surface area (Å²) < 4.78 is -1.44. The van der Waals surface area contributed by atoms with E-state index in [1.807, 2.05) is 12.1 Å². The lowest BCUT2D eigenvalue weighted by Gasteiger charge is -2.36. The van der Waals surface area contributed by atoms with Gasteiger partial charge in [-0.05, 0) is 11.8 Å². The number of alkyl halides is 3. The highest BCUT2D eigenvalue weighted by Crippen LogP contribution is 2.37. The van der Waals surface area contributed by atoms with Crippen LogP contribution in [0.5, 0.6) is 0 Å². The lowest BCUT2D eigenvalue weighted by atomic mass is 9.90. The number of hydrogen-bond donors (Lipinski definition) is 0. The van der Waals surface area contributed by atoms with Crippen molar-refractivity contribution in [3.8, 4) is 0 Å². The zero-order valence-corrected chi connectivity index (χ0v) is 11.6. The van der Waals surface area contributed by atoms with Gasteiger partial charge in [-0.2, -0.15) is 5.10 Å². The summed E-state index contributed by atoms with van der Waals surface area (Å²) >= 11 is 17.6. The summed E-state index contributed by atoms with van der Waals surface area (Å²) in [6, 6.07) is 0. The standard InChI is InChI=1S/C9H16Cl3N3/c1-8(2,3)5-7-14(4)13-6-15(7)9(10,11)12/h6-7H,5H2,1-4H3. The lowest BCUT2D eigenvalue weighted by Crippen LogP contribution is -2.46. The van der Waals surface area contributed by atoms with Crippen molar-refractivity contribution in [1.29, 1.82) is 0 Å². The van der Waals surface area contributed by atoms with Crippen molar-refractivity contribution in [3.05, 3.63) is 0 Å². The van der Waals surface area contributed by atoms with Gasteiger partial charge in [0.15, 0.2) is 0 Å². The van der Waals surface area contributed by atoms with Crippen LogP contribution in [0, 0.1) is 5.41 Å². The largest absolute Gasteiger partial charge is 0.295 e. The zero-order chi connectivity index (χ0) is 11.9. The predicted octanol–water partition coefficient (Wildman–Crippen LogP) is 3.27. The van der Waals surface area contributed by atoms with E-state index in [1.165, 1.54) is 0 Å². The van der Waals surface area contributed by atoms with Crippen LogP contribution in [0.4, 0.5) is 0 Å². The molecule has 0 radical (unpaired) electrons. The van der Waals surface area contributed by atoms with Crippen LogP contribution in [-0.4, -0.2) is 33.4 Å². The molecule has 0 aromatic rings. The molecule has 0 fully saturated rings. The van der Waals surface area contributed by atoms with Gasteiger partial charge in [-0.3, -0.25) is 9.91 Å². The molecular weight excluding hydrogens is 256 g/mol. The van der Waals surface area contributed by atoms with Crippen LogP contribution < -0.4 is 0 Å². The van der Waals surface area contributed by atoms with E-state index in [4.69, 9.17) is 34.8 Å². The van der Waals surface area contributed by atoms with Crippen LogP contribution in [0.2, 0.25) is 0 Å². The first-order chi connectivity index (χ1) is 6.61. The van der Waals surface area contributed by atoms with Crippen molar-refractivity contribution < 1.29 is 0 Å². The SMILES string of the molecule is CN1N=CN(C(Cl)(Cl)Cl)C1CC(C)(C)C. The fraction of sp³-hybridized carbons (Fsp3) is 0.889. The quantitative estimate of drug-likeness (QED) is 0.539. The van der Waals surface area contributed by atoms with Crippen LogP contribution >= 0.6 is 34.8 Å². The Morgan fingerprint density at radius 3 is 2.20 bits per heavy atom. The summed E-state index contributed by atoms with van der Waals surface area (Å²) in [5, 5.41) is 5.94. The van der Waals surface area contributed by atoms with Crippen LogP contribution in [-0.2, 0) is 0 Å². The van der Waals surface area contributed by atoms with E-state index in [2.05, 4.69) is 25.9 Å². The molecule has 0 aromatic carbocycles. The minimum atomic E-state index is -1.44. The topological polar surface area (TPSA) is 18.8 Å². The zero-order valence-electron chi connectivity index (χ0n) is 9.34. The van der Waals surface area contributed by atoms with Gasteiger partial charge in [-0.15, -0.1) is 0 Å². The second-order valence-electron chi connectivity index (χ2n) is 4.93. The highest BCUT2D eigenvalue weighted by Gasteiger charge is 2.40. The van der Waals surface area contributed by atoms with Crippen LogP contribution in [0.1, 0.15) is 27.2 Å². The molecule has 1 rings (SSSR count). The van der Waals surface area contributed by atoms with Gasteiger partial charge >= 0.3 is 0 Å². The molecule has 1 atom stereocenters. The molecule has 0 N–H and O–H groups in total. The monoisotopic (exact) mass is 271 g/mol. The molecule has 15 heavy (non-hydrogen) atoms. The fourth-order valence-corrected chi connectivity index (χ4v) is 1.95. The first-order valence-electron chi connectivity index (χ1n) is 4.73. The molecular formula is C9H16Cl3N3. The summed E-state index contributed by atoms with van der Waals surface area (Å²) in [5.41, 5.74) is 0.154. The maximum Gasteiger partial charge on any atom is 0.270 e. The highest BCUT2D eigenvalue weighted by molar-refractivity contribution is 6.67. The third kappa shape index (κ3) is 3.58. The molecule has 0 bridgehead atoms. The molecule has 0 aliphatic carbocycles. The van der Waals surface area contributed by atoms with Gasteiger partial charge in [0.2, 0.25) is 0 Å². The van der Waals surface area contributed by atoms with Crippen molar-refractivity contribution >= 4 is 41.1 Å². The molecule has 3 nitrogen and oxygen atoms in total. The summed E-state index contributed by atoms with van der Waals surface area (Å²) in [6.07, 6.45) is 2.44. The molecule has 0 spiro atoms. The second-order valence-corrected chi connectivity index (χ2v) is 7.15. The van der Waals surface area contributed by atoms with Gasteiger partial charge in [-0.25, -0.2) is 0 Å². The van der Waals surface area contributed by atoms with Gasteiger partial charge in [0, 0.05) is 7.05 Å². The molecule has 0 aromatic heterocycles. The van der Waals surface area contributed by atoms with Gasteiger partial charge < -0.3 is 0 Å². The molecule has 88 valence electrons. The Hall–Kier alpha value is 0.140. The van der Waals surface area contributed by atoms with E-state index in [-0.39, 0.29) is 11.6 Å². The molecule has 0 amide bonds. The number of hydrogen-bond acceptors (Lipinski definition) is 3.